The highest BCUT2D eigenvalue weighted by Gasteiger charge is 2.26. The van der Waals surface area contributed by atoms with E-state index in [-0.39, 0.29) is 0 Å². The maximum atomic E-state index is 9.00. The molecule has 2 rings (SSSR count). The zero-order chi connectivity index (χ0) is 8.39. The Hall–Kier alpha value is -1.42. The molecule has 1 heterocycles. The van der Waals surface area contributed by atoms with Gasteiger partial charge >= 0.3 is 0 Å². The molecule has 4 heteroatoms. The molecule has 1 aromatic rings. The van der Waals surface area contributed by atoms with Gasteiger partial charge in [-0.1, -0.05) is 18.2 Å². The summed E-state index contributed by atoms with van der Waals surface area (Å²) in [5, 5.41) is 12.7. The average Bonchev–Trinajstić information content (AvgIpc) is 2.54. The fourth-order valence-electron chi connectivity index (χ4n) is 1.08. The second-order valence-electron chi connectivity index (χ2n) is 2.56. The van der Waals surface area contributed by atoms with Crippen molar-refractivity contribution in [2.75, 3.05) is 6.54 Å². The summed E-state index contributed by atoms with van der Waals surface area (Å²) in [7, 11) is 0. The van der Waals surface area contributed by atoms with E-state index in [4.69, 9.17) is 5.11 Å². The number of hydrogen-bond acceptors (Lipinski definition) is 3. The molecule has 0 saturated heterocycles. The molecule has 0 aromatic heterocycles. The van der Waals surface area contributed by atoms with Crippen LogP contribution in [0.3, 0.4) is 0 Å². The molecule has 1 aliphatic rings. The third-order valence-electron chi connectivity index (χ3n) is 1.65. The van der Waals surface area contributed by atoms with Gasteiger partial charge in [0.25, 0.3) is 6.29 Å². The van der Waals surface area contributed by atoms with Crippen LogP contribution < -0.4 is 0 Å². The second kappa shape index (κ2) is 2.91. The largest absolute Gasteiger partial charge is 0.352 e. The molecule has 1 unspecified atom stereocenters. The minimum atomic E-state index is -0.801. The number of hydrogen-bond donors (Lipinski definition) is 1. The van der Waals surface area contributed by atoms with E-state index >= 15 is 0 Å². The Balaban J connectivity index is 2.22. The van der Waals surface area contributed by atoms with Crippen LogP contribution >= 0.6 is 0 Å². The van der Waals surface area contributed by atoms with E-state index in [2.05, 4.69) is 10.1 Å². The lowest BCUT2D eigenvalue weighted by atomic mass is 10.3. The van der Waals surface area contributed by atoms with Crippen LogP contribution in [0.4, 0.5) is 5.69 Å². The molecular weight excluding hydrogens is 156 g/mol. The van der Waals surface area contributed by atoms with Crippen LogP contribution in [-0.2, 0) is 4.84 Å². The first kappa shape index (κ1) is 7.24. The molecule has 0 saturated carbocycles. The Bertz CT molecular complexity index is 297. The van der Waals surface area contributed by atoms with E-state index < -0.39 is 6.29 Å². The minimum absolute atomic E-state index is 0.393. The van der Waals surface area contributed by atoms with E-state index in [1.54, 1.807) is 4.70 Å². The van der Waals surface area contributed by atoms with Crippen molar-refractivity contribution in [1.29, 1.82) is 0 Å². The first-order valence-corrected chi connectivity index (χ1v) is 3.74. The van der Waals surface area contributed by atoms with Crippen molar-refractivity contribution >= 4 is 5.69 Å². The Labute approximate surface area is 69.7 Å². The number of aliphatic hydroxyl groups excluding tert-OH is 1. The summed E-state index contributed by atoms with van der Waals surface area (Å²) >= 11 is 0. The van der Waals surface area contributed by atoms with Gasteiger partial charge in [0.15, 0.2) is 5.28 Å². The van der Waals surface area contributed by atoms with E-state index in [1.165, 1.54) is 0 Å². The summed E-state index contributed by atoms with van der Waals surface area (Å²) in [6.45, 7) is 0.393. The number of β-amino-alcohol motifs (C(OH)–C–C–N with tert-alkyl or cyclic N) is 1. The zero-order valence-corrected chi connectivity index (χ0v) is 6.42. The van der Waals surface area contributed by atoms with Crippen LogP contribution in [0.2, 0.25) is 0 Å². The molecule has 1 atom stereocenters. The van der Waals surface area contributed by atoms with Crippen molar-refractivity contribution in [3.63, 3.8) is 0 Å². The summed E-state index contributed by atoms with van der Waals surface area (Å²) < 4.78 is 1.62. The lowest BCUT2D eigenvalue weighted by molar-refractivity contribution is -0.509. The van der Waals surface area contributed by atoms with Crippen LogP contribution in [0.1, 0.15) is 0 Å². The highest BCUT2D eigenvalue weighted by atomic mass is 16.7. The predicted molar refractivity (Wildman–Crippen MR) is 40.7 cm³/mol. The van der Waals surface area contributed by atoms with Gasteiger partial charge in [-0.25, -0.2) is 0 Å². The second-order valence-corrected chi connectivity index (χ2v) is 2.56. The summed E-state index contributed by atoms with van der Waals surface area (Å²) in [5.74, 6) is 0. The van der Waals surface area contributed by atoms with Crippen LogP contribution in [-0.4, -0.2) is 22.6 Å². The van der Waals surface area contributed by atoms with E-state index in [0.717, 1.165) is 5.69 Å². The van der Waals surface area contributed by atoms with E-state index in [0.29, 0.717) is 6.54 Å². The van der Waals surface area contributed by atoms with Gasteiger partial charge < -0.3 is 9.94 Å². The fraction of sp³-hybridized carbons (Fsp3) is 0.250. The average molecular weight is 165 g/mol. The molecule has 1 N–H and O–H groups in total. The molecule has 1 aliphatic heterocycles. The molecule has 0 bridgehead atoms. The van der Waals surface area contributed by atoms with Gasteiger partial charge in [0, 0.05) is 12.1 Å². The molecule has 12 heavy (non-hydrogen) atoms. The van der Waals surface area contributed by atoms with Crippen molar-refractivity contribution in [2.45, 2.75) is 6.29 Å². The van der Waals surface area contributed by atoms with Gasteiger partial charge in [0.1, 0.15) is 0 Å². The predicted octanol–water partition coefficient (Wildman–Crippen LogP) is 1.05. The molecule has 0 fully saturated rings. The van der Waals surface area contributed by atoms with Crippen molar-refractivity contribution in [2.24, 2.45) is 5.28 Å². The number of aliphatic hydroxyl groups is 1. The van der Waals surface area contributed by atoms with Crippen molar-refractivity contribution in [1.82, 2.24) is 0 Å². The first-order chi connectivity index (χ1) is 5.86. The molecule has 4 nitrogen and oxygen atoms in total. The lowest BCUT2D eigenvalue weighted by Crippen LogP contribution is -2.12. The SMILES string of the molecule is OC1C[N+](c2ccccc2)=NO1. The van der Waals surface area contributed by atoms with Crippen LogP contribution in [0.15, 0.2) is 35.6 Å². The van der Waals surface area contributed by atoms with Gasteiger partial charge in [-0.05, 0) is 4.70 Å². The van der Waals surface area contributed by atoms with E-state index in [1.807, 2.05) is 30.3 Å². The van der Waals surface area contributed by atoms with Gasteiger partial charge in [-0.2, -0.15) is 0 Å². The normalized spacial score (nSPS) is 21.8. The Morgan fingerprint density at radius 1 is 1.42 bits per heavy atom. The lowest BCUT2D eigenvalue weighted by Gasteiger charge is -1.90. The van der Waals surface area contributed by atoms with E-state index in [9.17, 15) is 0 Å². The van der Waals surface area contributed by atoms with Crippen LogP contribution in [0.25, 0.3) is 0 Å². The van der Waals surface area contributed by atoms with Gasteiger partial charge in [0.05, 0.1) is 0 Å². The number of nitrogens with zero attached hydrogens (tertiary/aromatic N) is 2. The monoisotopic (exact) mass is 165 g/mol. The molecule has 0 radical (unpaired) electrons. The molecule has 0 amide bonds. The number of rotatable bonds is 1. The quantitative estimate of drug-likeness (QED) is 0.632. The zero-order valence-electron chi connectivity index (χ0n) is 6.42. The maximum Gasteiger partial charge on any atom is 0.292 e. The highest BCUT2D eigenvalue weighted by molar-refractivity contribution is 5.27. The Kier molecular flexibility index (Phi) is 1.75. The Morgan fingerprint density at radius 2 is 2.17 bits per heavy atom. The standard InChI is InChI=1S/C8H9N2O2/c11-8-6-10(9-12-8)7-4-2-1-3-5-7/h1-5,8,11H,6H2/q+1. The number of para-hydroxylation sites is 1. The smallest absolute Gasteiger partial charge is 0.292 e. The molecule has 1 aromatic carbocycles. The molecule has 62 valence electrons. The number of benzene rings is 1. The molecule has 0 spiro atoms. The van der Waals surface area contributed by atoms with Crippen LogP contribution in [0.5, 0.6) is 0 Å². The minimum Gasteiger partial charge on any atom is -0.352 e. The van der Waals surface area contributed by atoms with Gasteiger partial charge in [0.2, 0.25) is 12.2 Å². The topological polar surface area (TPSA) is 44.8 Å². The summed E-state index contributed by atoms with van der Waals surface area (Å²) in [4.78, 5) is 4.63. The Morgan fingerprint density at radius 3 is 2.75 bits per heavy atom. The fourth-order valence-corrected chi connectivity index (χ4v) is 1.08. The van der Waals surface area contributed by atoms with Crippen LogP contribution in [0, 0.1) is 0 Å². The highest BCUT2D eigenvalue weighted by Crippen LogP contribution is 2.15. The summed E-state index contributed by atoms with van der Waals surface area (Å²) in [6, 6.07) is 9.57. The van der Waals surface area contributed by atoms with Gasteiger partial charge in [-0.3, -0.25) is 0 Å². The van der Waals surface area contributed by atoms with Crippen molar-refractivity contribution < 1.29 is 14.6 Å². The van der Waals surface area contributed by atoms with Crippen molar-refractivity contribution in [3.8, 4) is 0 Å². The molecule has 0 aliphatic carbocycles. The third kappa shape index (κ3) is 1.29. The molecular formula is C8H9N2O2+. The first-order valence-electron chi connectivity index (χ1n) is 3.74. The summed E-state index contributed by atoms with van der Waals surface area (Å²) in [5.41, 5.74) is 0.925. The van der Waals surface area contributed by atoms with Gasteiger partial charge in [-0.15, -0.1) is 0 Å². The van der Waals surface area contributed by atoms with Crippen molar-refractivity contribution in [3.05, 3.63) is 30.3 Å². The summed E-state index contributed by atoms with van der Waals surface area (Å²) in [6.07, 6.45) is -0.801. The maximum absolute atomic E-state index is 9.00. The third-order valence-corrected chi connectivity index (χ3v) is 1.65.